The third-order valence-corrected chi connectivity index (χ3v) is 4.50. The number of rotatable bonds is 4. The Morgan fingerprint density at radius 1 is 1.37 bits per heavy atom. The monoisotopic (exact) mass is 488 g/mol. The Morgan fingerprint density at radius 2 is 2.15 bits per heavy atom. The molecule has 0 bridgehead atoms. The number of nitrogens with one attached hydrogen (secondary N) is 1. The number of hydrogen-bond donors (Lipinski definition) is 1. The molecule has 1 aliphatic rings. The van der Waals surface area contributed by atoms with E-state index in [9.17, 15) is 8.78 Å². The molecule has 1 aromatic carbocycles. The zero-order valence-electron chi connectivity index (χ0n) is 15.4. The molecule has 2 heterocycles. The second-order valence-electron chi connectivity index (χ2n) is 6.23. The van der Waals surface area contributed by atoms with E-state index in [1.807, 2.05) is 23.4 Å². The lowest BCUT2D eigenvalue weighted by Gasteiger charge is -2.32. The van der Waals surface area contributed by atoms with Crippen molar-refractivity contribution in [3.8, 4) is 0 Å². The van der Waals surface area contributed by atoms with Crippen molar-refractivity contribution >= 4 is 29.9 Å². The van der Waals surface area contributed by atoms with Gasteiger partial charge in [-0.15, -0.1) is 40.8 Å². The van der Waals surface area contributed by atoms with Crippen LogP contribution in [-0.4, -0.2) is 38.7 Å². The van der Waals surface area contributed by atoms with Crippen LogP contribution < -0.4 is 5.32 Å². The van der Waals surface area contributed by atoms with Crippen molar-refractivity contribution in [1.82, 2.24) is 25.0 Å². The smallest absolute Gasteiger partial charge is 0.194 e. The number of fused-ring (bicyclic) bond motifs is 1. The minimum Gasteiger partial charge on any atom is -0.353 e. The Hall–Kier alpha value is -2.04. The molecular weight excluding hydrogens is 465 g/mol. The molecule has 0 saturated heterocycles. The van der Waals surface area contributed by atoms with Gasteiger partial charge in [-0.2, -0.15) is 0 Å². The third kappa shape index (κ3) is 4.82. The zero-order chi connectivity index (χ0) is 18.7. The summed E-state index contributed by atoms with van der Waals surface area (Å²) in [6.07, 6.45) is 2.23. The van der Waals surface area contributed by atoms with Gasteiger partial charge < -0.3 is 14.8 Å². The van der Waals surface area contributed by atoms with E-state index in [2.05, 4.69) is 27.1 Å². The van der Waals surface area contributed by atoms with Crippen LogP contribution in [0.1, 0.15) is 22.8 Å². The number of hydrogen-bond acceptors (Lipinski definition) is 3. The van der Waals surface area contributed by atoms with E-state index >= 15 is 0 Å². The Morgan fingerprint density at radius 3 is 2.81 bits per heavy atom. The fourth-order valence-corrected chi connectivity index (χ4v) is 2.96. The molecule has 2 aromatic rings. The van der Waals surface area contributed by atoms with Gasteiger partial charge in [0.15, 0.2) is 11.8 Å². The molecule has 27 heavy (non-hydrogen) atoms. The predicted octanol–water partition coefficient (Wildman–Crippen LogP) is 2.71. The zero-order valence-corrected chi connectivity index (χ0v) is 17.7. The highest BCUT2D eigenvalue weighted by molar-refractivity contribution is 14.0. The lowest BCUT2D eigenvalue weighted by atomic mass is 9.99. The Balaban J connectivity index is 0.00000261. The van der Waals surface area contributed by atoms with E-state index < -0.39 is 11.6 Å². The summed E-state index contributed by atoms with van der Waals surface area (Å²) in [7, 11) is 1.89. The van der Waals surface area contributed by atoms with Gasteiger partial charge in [-0.3, -0.25) is 0 Å². The third-order valence-electron chi connectivity index (χ3n) is 4.50. The van der Waals surface area contributed by atoms with Crippen LogP contribution in [0.5, 0.6) is 0 Å². The molecule has 1 aliphatic heterocycles. The predicted molar refractivity (Wildman–Crippen MR) is 111 cm³/mol. The fraction of sp³-hybridized carbons (Fsp3) is 0.389. The van der Waals surface area contributed by atoms with Gasteiger partial charge in [0.1, 0.15) is 24.0 Å². The van der Waals surface area contributed by atoms with Crippen molar-refractivity contribution in [3.63, 3.8) is 0 Å². The largest absolute Gasteiger partial charge is 0.353 e. The number of aliphatic imine (C=N–C) groups is 1. The normalized spacial score (nSPS) is 13.8. The van der Waals surface area contributed by atoms with Gasteiger partial charge in [0, 0.05) is 32.7 Å². The van der Waals surface area contributed by atoms with Gasteiger partial charge in [-0.25, -0.2) is 13.8 Å². The molecule has 0 atom stereocenters. The van der Waals surface area contributed by atoms with E-state index in [4.69, 9.17) is 0 Å². The lowest BCUT2D eigenvalue weighted by Crippen LogP contribution is -2.44. The summed E-state index contributed by atoms with van der Waals surface area (Å²) in [6, 6.07) is 2.33. The van der Waals surface area contributed by atoms with Crippen molar-refractivity contribution in [1.29, 1.82) is 0 Å². The van der Waals surface area contributed by atoms with Gasteiger partial charge in [0.2, 0.25) is 0 Å². The van der Waals surface area contributed by atoms with E-state index in [1.165, 1.54) is 6.07 Å². The summed E-state index contributed by atoms with van der Waals surface area (Å²) in [6.45, 7) is 7.47. The van der Waals surface area contributed by atoms with Crippen LogP contribution in [0.25, 0.3) is 0 Å². The highest BCUT2D eigenvalue weighted by Gasteiger charge is 2.22. The molecule has 6 nitrogen and oxygen atoms in total. The van der Waals surface area contributed by atoms with E-state index in [0.29, 0.717) is 49.7 Å². The van der Waals surface area contributed by atoms with Crippen molar-refractivity contribution < 1.29 is 8.78 Å². The summed E-state index contributed by atoms with van der Waals surface area (Å²) in [5.74, 6) is 1.17. The molecule has 0 unspecified atom stereocenters. The van der Waals surface area contributed by atoms with Crippen molar-refractivity contribution in [3.05, 3.63) is 59.2 Å². The van der Waals surface area contributed by atoms with E-state index in [-0.39, 0.29) is 24.0 Å². The quantitative estimate of drug-likeness (QED) is 0.311. The maximum absolute atomic E-state index is 13.9. The van der Waals surface area contributed by atoms with Gasteiger partial charge in [0.05, 0.1) is 0 Å². The van der Waals surface area contributed by atoms with Crippen LogP contribution in [0, 0.1) is 18.6 Å². The van der Waals surface area contributed by atoms with Crippen LogP contribution in [0.15, 0.2) is 29.8 Å². The van der Waals surface area contributed by atoms with Crippen LogP contribution >= 0.6 is 24.0 Å². The van der Waals surface area contributed by atoms with Gasteiger partial charge in [-0.1, -0.05) is 6.08 Å². The lowest BCUT2D eigenvalue weighted by molar-refractivity contribution is 0.370. The van der Waals surface area contributed by atoms with Gasteiger partial charge in [-0.05, 0) is 30.5 Å². The maximum Gasteiger partial charge on any atom is 0.194 e. The molecule has 0 radical (unpaired) electrons. The fourth-order valence-electron chi connectivity index (χ4n) is 2.96. The van der Waals surface area contributed by atoms with E-state index in [0.717, 1.165) is 17.7 Å². The molecule has 0 fully saturated rings. The molecule has 0 aliphatic carbocycles. The minimum atomic E-state index is -0.560. The summed E-state index contributed by atoms with van der Waals surface area (Å²) >= 11 is 0. The number of nitrogens with zero attached hydrogens (tertiary/aromatic N) is 5. The van der Waals surface area contributed by atoms with Crippen LogP contribution in [0.3, 0.4) is 0 Å². The molecule has 0 amide bonds. The molecule has 1 N–H and O–H groups in total. The highest BCUT2D eigenvalue weighted by atomic mass is 127. The topological polar surface area (TPSA) is 58.3 Å². The highest BCUT2D eigenvalue weighted by Crippen LogP contribution is 2.23. The molecule has 0 saturated carbocycles. The van der Waals surface area contributed by atoms with Crippen LogP contribution in [0.4, 0.5) is 8.78 Å². The number of aromatic nitrogens is 3. The maximum atomic E-state index is 13.9. The molecular formula is C18H23F2IN6. The van der Waals surface area contributed by atoms with E-state index in [1.54, 1.807) is 6.08 Å². The molecule has 146 valence electrons. The Bertz CT molecular complexity index is 849. The number of aryl methyl sites for hydroxylation is 1. The van der Waals surface area contributed by atoms with Crippen molar-refractivity contribution in [2.75, 3.05) is 13.1 Å². The molecule has 0 spiro atoms. The summed E-state index contributed by atoms with van der Waals surface area (Å²) < 4.78 is 29.4. The molecule has 9 heteroatoms. The first-order chi connectivity index (χ1) is 12.5. The average molecular weight is 488 g/mol. The molecule has 1 aromatic heterocycles. The Labute approximate surface area is 174 Å². The van der Waals surface area contributed by atoms with Crippen LogP contribution in [-0.2, 0) is 26.6 Å². The number of halogens is 3. The minimum absolute atomic E-state index is 0. The first kappa shape index (κ1) is 21.3. The average Bonchev–Trinajstić information content (AvgIpc) is 2.93. The Kier molecular flexibility index (Phi) is 7.28. The first-order valence-corrected chi connectivity index (χ1v) is 8.45. The van der Waals surface area contributed by atoms with Crippen LogP contribution in [0.2, 0.25) is 0 Å². The summed E-state index contributed by atoms with van der Waals surface area (Å²) in [5.41, 5.74) is 1.23. The van der Waals surface area contributed by atoms with Gasteiger partial charge in [0.25, 0.3) is 0 Å². The summed E-state index contributed by atoms with van der Waals surface area (Å²) in [4.78, 5) is 6.60. The second-order valence-corrected chi connectivity index (χ2v) is 6.23. The standard InChI is InChI=1S/C18H22F2N6.HI/c1-4-6-21-18(22-10-17-24-23-12(2)25(17)3)26-7-5-15-13(11-26)8-14(19)9-16(15)20;/h4,8-9H,1,5-7,10-11H2,2-3H3,(H,21,22);1H. The first-order valence-electron chi connectivity index (χ1n) is 8.45. The van der Waals surface area contributed by atoms with Crippen molar-refractivity contribution in [2.45, 2.75) is 26.4 Å². The van der Waals surface area contributed by atoms with Gasteiger partial charge >= 0.3 is 0 Å². The number of benzene rings is 1. The SMILES string of the molecule is C=CCNC(=NCc1nnc(C)n1C)N1CCc2c(F)cc(F)cc2C1.I. The molecule has 3 rings (SSSR count). The van der Waals surface area contributed by atoms with Crippen molar-refractivity contribution in [2.24, 2.45) is 12.0 Å². The second kappa shape index (κ2) is 9.25. The number of guanidine groups is 1. The summed E-state index contributed by atoms with van der Waals surface area (Å²) in [5, 5.41) is 11.3.